The molecule has 0 bridgehead atoms. The molecule has 0 aliphatic heterocycles. The Morgan fingerprint density at radius 2 is 2.31 bits per heavy atom. The zero-order chi connectivity index (χ0) is 12.1. The smallest absolute Gasteiger partial charge is 0.127 e. The Balaban J connectivity index is 3.06. The molecule has 1 rings (SSSR count). The number of rotatable bonds is 6. The molecule has 4 heteroatoms. The third-order valence-electron chi connectivity index (χ3n) is 2.63. The summed E-state index contributed by atoms with van der Waals surface area (Å²) in [6, 6.07) is 0. The second-order valence-electron chi connectivity index (χ2n) is 3.91. The van der Waals surface area contributed by atoms with Gasteiger partial charge in [0.05, 0.1) is 12.3 Å². The zero-order valence-electron chi connectivity index (χ0n) is 10.4. The molecule has 0 saturated heterocycles. The monoisotopic (exact) mass is 223 g/mol. The molecule has 16 heavy (non-hydrogen) atoms. The van der Waals surface area contributed by atoms with Crippen LogP contribution in [0.25, 0.3) is 0 Å². The predicted octanol–water partition coefficient (Wildman–Crippen LogP) is 1.96. The van der Waals surface area contributed by atoms with Gasteiger partial charge in [-0.15, -0.1) is 6.58 Å². The van der Waals surface area contributed by atoms with Crippen LogP contribution in [0.1, 0.15) is 31.3 Å². The fraction of sp³-hybridized carbons (Fsp3) is 0.583. The highest BCUT2D eigenvalue weighted by molar-refractivity contribution is 5.40. The summed E-state index contributed by atoms with van der Waals surface area (Å²) < 4.78 is 7.14. The van der Waals surface area contributed by atoms with Gasteiger partial charge in [0.2, 0.25) is 0 Å². The lowest BCUT2D eigenvalue weighted by atomic mass is 10.1. The average Bonchev–Trinajstić information content (AvgIpc) is 2.57. The number of nitrogens with zero attached hydrogens (tertiary/aromatic N) is 2. The number of aryl methyl sites for hydroxylation is 1. The summed E-state index contributed by atoms with van der Waals surface area (Å²) in [5.41, 5.74) is 7.03. The van der Waals surface area contributed by atoms with E-state index in [4.69, 9.17) is 10.5 Å². The van der Waals surface area contributed by atoms with E-state index in [2.05, 4.69) is 25.4 Å². The lowest BCUT2D eigenvalue weighted by molar-refractivity contribution is 0.183. The van der Waals surface area contributed by atoms with Crippen molar-refractivity contribution >= 4 is 5.82 Å². The number of hydrogen-bond acceptors (Lipinski definition) is 3. The Labute approximate surface area is 97.1 Å². The van der Waals surface area contributed by atoms with Crippen LogP contribution >= 0.6 is 0 Å². The van der Waals surface area contributed by atoms with Crippen molar-refractivity contribution in [3.05, 3.63) is 24.2 Å². The van der Waals surface area contributed by atoms with Gasteiger partial charge in [0.1, 0.15) is 11.6 Å². The molecule has 0 aliphatic carbocycles. The van der Waals surface area contributed by atoms with Gasteiger partial charge in [-0.05, 0) is 0 Å². The maximum atomic E-state index is 6.09. The van der Waals surface area contributed by atoms with E-state index in [9.17, 15) is 0 Å². The number of ether oxygens (including phenoxy) is 1. The highest BCUT2D eigenvalue weighted by Crippen LogP contribution is 2.23. The summed E-state index contributed by atoms with van der Waals surface area (Å²) in [6.07, 6.45) is 2.71. The van der Waals surface area contributed by atoms with Crippen LogP contribution in [-0.4, -0.2) is 23.3 Å². The summed E-state index contributed by atoms with van der Waals surface area (Å²) in [5.74, 6) is 1.97. The van der Waals surface area contributed by atoms with E-state index in [0.29, 0.717) is 13.2 Å². The van der Waals surface area contributed by atoms with Crippen molar-refractivity contribution in [2.24, 2.45) is 0 Å². The van der Waals surface area contributed by atoms with Gasteiger partial charge < -0.3 is 15.0 Å². The number of aromatic nitrogens is 2. The topological polar surface area (TPSA) is 53.1 Å². The van der Waals surface area contributed by atoms with Crippen molar-refractivity contribution in [1.82, 2.24) is 9.55 Å². The first-order chi connectivity index (χ1) is 7.65. The Kier molecular flexibility index (Phi) is 4.55. The summed E-state index contributed by atoms with van der Waals surface area (Å²) in [6.45, 7) is 9.23. The van der Waals surface area contributed by atoms with Crippen LogP contribution in [0, 0.1) is 0 Å². The number of nitrogens with two attached hydrogens (primary N) is 1. The first-order valence-electron chi connectivity index (χ1n) is 5.60. The molecule has 4 nitrogen and oxygen atoms in total. The van der Waals surface area contributed by atoms with Crippen LogP contribution in [0.3, 0.4) is 0 Å². The maximum absolute atomic E-state index is 6.09. The van der Waals surface area contributed by atoms with Gasteiger partial charge in [-0.3, -0.25) is 0 Å². The van der Waals surface area contributed by atoms with Gasteiger partial charge in [-0.1, -0.05) is 19.9 Å². The molecule has 90 valence electrons. The molecule has 0 fully saturated rings. The largest absolute Gasteiger partial charge is 0.384 e. The lowest BCUT2D eigenvalue weighted by Gasteiger charge is -2.09. The average molecular weight is 223 g/mol. The third-order valence-corrected chi connectivity index (χ3v) is 2.63. The Hall–Kier alpha value is -1.29. The van der Waals surface area contributed by atoms with Crippen molar-refractivity contribution < 1.29 is 4.74 Å². The Bertz CT molecular complexity index is 357. The SMILES string of the molecule is C=CCn1c(CC)nc(C(C)COC)c1N. The number of anilines is 1. The van der Waals surface area contributed by atoms with Crippen LogP contribution in [-0.2, 0) is 17.7 Å². The van der Waals surface area contributed by atoms with E-state index < -0.39 is 0 Å². The molecule has 1 aromatic heterocycles. The normalized spacial score (nSPS) is 12.7. The second kappa shape index (κ2) is 5.70. The standard InChI is InChI=1S/C12H21N3O/c1-5-7-15-10(6-2)14-11(12(15)13)9(3)8-16-4/h5,9H,1,6-8,13H2,2-4H3. The Morgan fingerprint density at radius 1 is 1.62 bits per heavy atom. The first-order valence-corrected chi connectivity index (χ1v) is 5.60. The summed E-state index contributed by atoms with van der Waals surface area (Å²) in [4.78, 5) is 4.58. The minimum absolute atomic E-state index is 0.223. The molecule has 0 aromatic carbocycles. The molecular weight excluding hydrogens is 202 g/mol. The van der Waals surface area contributed by atoms with E-state index >= 15 is 0 Å². The van der Waals surface area contributed by atoms with Gasteiger partial charge in [0, 0.05) is 26.0 Å². The molecule has 1 unspecified atom stereocenters. The fourth-order valence-corrected chi connectivity index (χ4v) is 1.83. The van der Waals surface area contributed by atoms with Crippen LogP contribution < -0.4 is 5.73 Å². The van der Waals surface area contributed by atoms with Gasteiger partial charge in [-0.25, -0.2) is 4.98 Å². The Morgan fingerprint density at radius 3 is 2.81 bits per heavy atom. The van der Waals surface area contributed by atoms with Gasteiger partial charge >= 0.3 is 0 Å². The molecule has 2 N–H and O–H groups in total. The number of methoxy groups -OCH3 is 1. The molecule has 1 heterocycles. The van der Waals surface area contributed by atoms with Gasteiger partial charge in [0.15, 0.2) is 0 Å². The van der Waals surface area contributed by atoms with Crippen molar-refractivity contribution in [3.8, 4) is 0 Å². The molecule has 0 saturated carbocycles. The lowest BCUT2D eigenvalue weighted by Crippen LogP contribution is -2.08. The highest BCUT2D eigenvalue weighted by atomic mass is 16.5. The molecule has 1 aromatic rings. The maximum Gasteiger partial charge on any atom is 0.127 e. The summed E-state index contributed by atoms with van der Waals surface area (Å²) in [5, 5.41) is 0. The molecular formula is C12H21N3O. The number of imidazole rings is 1. The van der Waals surface area contributed by atoms with E-state index in [1.54, 1.807) is 7.11 Å². The van der Waals surface area contributed by atoms with Crippen molar-refractivity contribution in [2.75, 3.05) is 19.5 Å². The third kappa shape index (κ3) is 2.44. The molecule has 0 spiro atoms. The number of hydrogen-bond donors (Lipinski definition) is 1. The predicted molar refractivity (Wildman–Crippen MR) is 66.5 cm³/mol. The quantitative estimate of drug-likeness (QED) is 0.750. The van der Waals surface area contributed by atoms with E-state index in [0.717, 1.165) is 23.8 Å². The summed E-state index contributed by atoms with van der Waals surface area (Å²) >= 11 is 0. The molecule has 0 radical (unpaired) electrons. The van der Waals surface area contributed by atoms with Crippen LogP contribution in [0.4, 0.5) is 5.82 Å². The van der Waals surface area contributed by atoms with E-state index in [1.165, 1.54) is 0 Å². The van der Waals surface area contributed by atoms with E-state index in [1.807, 2.05) is 10.6 Å². The van der Waals surface area contributed by atoms with E-state index in [-0.39, 0.29) is 5.92 Å². The molecule has 0 aliphatic rings. The minimum Gasteiger partial charge on any atom is -0.384 e. The molecule has 1 atom stereocenters. The van der Waals surface area contributed by atoms with Gasteiger partial charge in [-0.2, -0.15) is 0 Å². The minimum atomic E-state index is 0.223. The highest BCUT2D eigenvalue weighted by Gasteiger charge is 2.17. The second-order valence-corrected chi connectivity index (χ2v) is 3.91. The van der Waals surface area contributed by atoms with Crippen molar-refractivity contribution in [2.45, 2.75) is 32.7 Å². The van der Waals surface area contributed by atoms with Crippen LogP contribution in [0.15, 0.2) is 12.7 Å². The van der Waals surface area contributed by atoms with Crippen LogP contribution in [0.5, 0.6) is 0 Å². The summed E-state index contributed by atoms with van der Waals surface area (Å²) in [7, 11) is 1.69. The zero-order valence-corrected chi connectivity index (χ0v) is 10.4. The number of nitrogen functional groups attached to an aromatic ring is 1. The first kappa shape index (κ1) is 12.8. The van der Waals surface area contributed by atoms with Crippen molar-refractivity contribution in [1.29, 1.82) is 0 Å². The van der Waals surface area contributed by atoms with Crippen LogP contribution in [0.2, 0.25) is 0 Å². The van der Waals surface area contributed by atoms with Crippen molar-refractivity contribution in [3.63, 3.8) is 0 Å². The fourth-order valence-electron chi connectivity index (χ4n) is 1.83. The number of allylic oxidation sites excluding steroid dienone is 1. The molecule has 0 amide bonds. The van der Waals surface area contributed by atoms with Gasteiger partial charge in [0.25, 0.3) is 0 Å².